The van der Waals surface area contributed by atoms with Crippen molar-refractivity contribution >= 4 is 29.4 Å². The van der Waals surface area contributed by atoms with Gasteiger partial charge in [0.1, 0.15) is 0 Å². The molecule has 1 N–H and O–H groups in total. The van der Waals surface area contributed by atoms with Crippen LogP contribution in [0.3, 0.4) is 0 Å². The molecule has 2 aliphatic heterocycles. The van der Waals surface area contributed by atoms with E-state index in [9.17, 15) is 4.79 Å². The molecular weight excluding hydrogens is 288 g/mol. The molecule has 2 fully saturated rings. The fraction of sp³-hybridized carbons (Fsp3) is 0.533. The summed E-state index contributed by atoms with van der Waals surface area (Å²) >= 11 is 4.00. The molecule has 0 saturated carbocycles. The number of carbonyl (C=O) groups excluding carboxylic acids is 1. The maximum atomic E-state index is 12.5. The summed E-state index contributed by atoms with van der Waals surface area (Å²) in [5.41, 5.74) is 2.16. The molecule has 0 aromatic heterocycles. The number of benzene rings is 1. The minimum atomic E-state index is 0.173. The smallest absolute Gasteiger partial charge is 0.253 e. The quantitative estimate of drug-likeness (QED) is 0.910. The molecule has 0 aliphatic carbocycles. The van der Waals surface area contributed by atoms with Crippen molar-refractivity contribution in [3.05, 3.63) is 35.4 Å². The highest BCUT2D eigenvalue weighted by molar-refractivity contribution is 8.19. The number of rotatable bonds is 2. The molecule has 3 nitrogen and oxygen atoms in total. The lowest BCUT2D eigenvalue weighted by atomic mass is 10.1. The molecule has 2 aliphatic rings. The minimum Gasteiger partial charge on any atom is -0.337 e. The summed E-state index contributed by atoms with van der Waals surface area (Å²) < 4.78 is 0.557. The minimum absolute atomic E-state index is 0.173. The van der Waals surface area contributed by atoms with Crippen LogP contribution < -0.4 is 5.32 Å². The molecule has 0 bridgehead atoms. The van der Waals surface area contributed by atoms with Gasteiger partial charge in [0, 0.05) is 36.7 Å². The van der Waals surface area contributed by atoms with E-state index in [1.165, 1.54) is 17.1 Å². The second-order valence-electron chi connectivity index (χ2n) is 5.09. The second-order valence-corrected chi connectivity index (χ2v) is 7.82. The van der Waals surface area contributed by atoms with Gasteiger partial charge in [-0.1, -0.05) is 12.1 Å². The van der Waals surface area contributed by atoms with Crippen LogP contribution in [0.15, 0.2) is 24.3 Å². The fourth-order valence-corrected chi connectivity index (χ4v) is 5.42. The number of amides is 1. The monoisotopic (exact) mass is 308 g/mol. The number of thioether (sulfide) groups is 2. The maximum Gasteiger partial charge on any atom is 0.253 e. The van der Waals surface area contributed by atoms with Gasteiger partial charge < -0.3 is 10.2 Å². The fourth-order valence-electron chi connectivity index (χ4n) is 2.57. The highest BCUT2D eigenvalue weighted by Gasteiger charge is 2.20. The zero-order chi connectivity index (χ0) is 13.8. The van der Waals surface area contributed by atoms with E-state index in [0.29, 0.717) is 4.58 Å². The maximum absolute atomic E-state index is 12.5. The Morgan fingerprint density at radius 1 is 1.10 bits per heavy atom. The molecule has 1 aromatic rings. The van der Waals surface area contributed by atoms with Crippen molar-refractivity contribution < 1.29 is 4.79 Å². The Morgan fingerprint density at radius 3 is 2.60 bits per heavy atom. The molecule has 2 saturated heterocycles. The van der Waals surface area contributed by atoms with Gasteiger partial charge in [-0.05, 0) is 30.7 Å². The van der Waals surface area contributed by atoms with Gasteiger partial charge in [-0.15, -0.1) is 23.5 Å². The van der Waals surface area contributed by atoms with Crippen LogP contribution in [0.4, 0.5) is 0 Å². The predicted octanol–water partition coefficient (Wildman–Crippen LogP) is 2.60. The van der Waals surface area contributed by atoms with E-state index in [1.807, 2.05) is 40.6 Å². The number of carbonyl (C=O) groups is 1. The van der Waals surface area contributed by atoms with Crippen LogP contribution >= 0.6 is 23.5 Å². The predicted molar refractivity (Wildman–Crippen MR) is 87.5 cm³/mol. The van der Waals surface area contributed by atoms with Crippen LogP contribution in [0, 0.1) is 0 Å². The first kappa shape index (κ1) is 14.3. The third-order valence-electron chi connectivity index (χ3n) is 3.68. The Bertz CT molecular complexity index is 449. The van der Waals surface area contributed by atoms with Crippen LogP contribution in [-0.4, -0.2) is 48.5 Å². The molecule has 0 unspecified atom stereocenters. The van der Waals surface area contributed by atoms with Crippen LogP contribution in [0.5, 0.6) is 0 Å². The van der Waals surface area contributed by atoms with Gasteiger partial charge in [-0.2, -0.15) is 0 Å². The molecule has 5 heteroatoms. The lowest BCUT2D eigenvalue weighted by Gasteiger charge is -2.20. The third-order valence-corrected chi connectivity index (χ3v) is 6.78. The van der Waals surface area contributed by atoms with Crippen molar-refractivity contribution in [2.45, 2.75) is 11.0 Å². The first-order chi connectivity index (χ1) is 9.84. The van der Waals surface area contributed by atoms with Crippen molar-refractivity contribution in [1.82, 2.24) is 10.2 Å². The summed E-state index contributed by atoms with van der Waals surface area (Å²) in [6.45, 7) is 3.59. The summed E-state index contributed by atoms with van der Waals surface area (Å²) in [5, 5.41) is 3.33. The number of nitrogens with one attached hydrogen (secondary N) is 1. The average molecular weight is 308 g/mol. The lowest BCUT2D eigenvalue weighted by molar-refractivity contribution is 0.0766. The van der Waals surface area contributed by atoms with Crippen LogP contribution in [-0.2, 0) is 0 Å². The molecule has 0 atom stereocenters. The molecule has 3 rings (SSSR count). The topological polar surface area (TPSA) is 32.3 Å². The third kappa shape index (κ3) is 3.32. The SMILES string of the molecule is O=C(c1ccc(C2SCCS2)cc1)N1CCCNCC1. The molecule has 108 valence electrons. The van der Waals surface area contributed by atoms with Crippen LogP contribution in [0.1, 0.15) is 26.9 Å². The van der Waals surface area contributed by atoms with E-state index >= 15 is 0 Å². The van der Waals surface area contributed by atoms with E-state index in [0.717, 1.165) is 38.2 Å². The zero-order valence-corrected chi connectivity index (χ0v) is 13.1. The van der Waals surface area contributed by atoms with Crippen molar-refractivity contribution in [2.75, 3.05) is 37.7 Å². The molecular formula is C15H20N2OS2. The highest BCUT2D eigenvalue weighted by Crippen LogP contribution is 2.45. The van der Waals surface area contributed by atoms with Gasteiger partial charge >= 0.3 is 0 Å². The Morgan fingerprint density at radius 2 is 1.85 bits per heavy atom. The van der Waals surface area contributed by atoms with Gasteiger partial charge in [0.15, 0.2) is 0 Å². The highest BCUT2D eigenvalue weighted by atomic mass is 32.2. The van der Waals surface area contributed by atoms with E-state index < -0.39 is 0 Å². The number of hydrogen-bond donors (Lipinski definition) is 1. The Kier molecular flexibility index (Phi) is 4.91. The molecule has 1 aromatic carbocycles. The Balaban J connectivity index is 1.68. The van der Waals surface area contributed by atoms with E-state index in [2.05, 4.69) is 17.4 Å². The first-order valence-corrected chi connectivity index (χ1v) is 9.27. The Hall–Kier alpha value is -0.650. The standard InChI is InChI=1S/C15H20N2OS2/c18-14(17-8-1-6-16-7-9-17)12-2-4-13(5-3-12)15-19-10-11-20-15/h2-5,15-16H,1,6-11H2. The molecule has 1 amide bonds. The summed E-state index contributed by atoms with van der Waals surface area (Å²) in [4.78, 5) is 14.4. The molecule has 2 heterocycles. The second kappa shape index (κ2) is 6.87. The van der Waals surface area contributed by atoms with Crippen LogP contribution in [0.2, 0.25) is 0 Å². The normalized spacial score (nSPS) is 20.9. The first-order valence-electron chi connectivity index (χ1n) is 7.18. The summed E-state index contributed by atoms with van der Waals surface area (Å²) in [7, 11) is 0. The van der Waals surface area contributed by atoms with E-state index in [-0.39, 0.29) is 5.91 Å². The number of hydrogen-bond acceptors (Lipinski definition) is 4. The molecule has 20 heavy (non-hydrogen) atoms. The van der Waals surface area contributed by atoms with Gasteiger partial charge in [-0.25, -0.2) is 0 Å². The zero-order valence-electron chi connectivity index (χ0n) is 11.5. The average Bonchev–Trinajstić information content (AvgIpc) is 2.89. The van der Waals surface area contributed by atoms with Gasteiger partial charge in [0.05, 0.1) is 4.58 Å². The summed E-state index contributed by atoms with van der Waals surface area (Å²) in [5.74, 6) is 2.64. The van der Waals surface area contributed by atoms with E-state index in [1.54, 1.807) is 0 Å². The van der Waals surface area contributed by atoms with Gasteiger partial charge in [-0.3, -0.25) is 4.79 Å². The Labute approximate surface area is 128 Å². The summed E-state index contributed by atoms with van der Waals surface area (Å²) in [6.07, 6.45) is 1.04. The summed E-state index contributed by atoms with van der Waals surface area (Å²) in [6, 6.07) is 8.24. The van der Waals surface area contributed by atoms with Crippen molar-refractivity contribution in [1.29, 1.82) is 0 Å². The van der Waals surface area contributed by atoms with Crippen molar-refractivity contribution in [3.8, 4) is 0 Å². The van der Waals surface area contributed by atoms with Crippen molar-refractivity contribution in [2.24, 2.45) is 0 Å². The van der Waals surface area contributed by atoms with Crippen molar-refractivity contribution in [3.63, 3.8) is 0 Å². The molecule has 0 radical (unpaired) electrons. The largest absolute Gasteiger partial charge is 0.337 e. The van der Waals surface area contributed by atoms with Gasteiger partial charge in [0.25, 0.3) is 5.91 Å². The lowest BCUT2D eigenvalue weighted by Crippen LogP contribution is -2.34. The van der Waals surface area contributed by atoms with Crippen LogP contribution in [0.25, 0.3) is 0 Å². The van der Waals surface area contributed by atoms with Gasteiger partial charge in [0.2, 0.25) is 0 Å². The molecule has 0 spiro atoms. The van der Waals surface area contributed by atoms with E-state index in [4.69, 9.17) is 0 Å². The number of nitrogens with zero attached hydrogens (tertiary/aromatic N) is 1.